The summed E-state index contributed by atoms with van der Waals surface area (Å²) in [5, 5.41) is 11.5. The van der Waals surface area contributed by atoms with Crippen molar-refractivity contribution in [3.8, 4) is 0 Å². The number of rotatable bonds is 7. The highest BCUT2D eigenvalue weighted by Crippen LogP contribution is 2.15. The summed E-state index contributed by atoms with van der Waals surface area (Å²) in [5.41, 5.74) is 0. The van der Waals surface area contributed by atoms with Crippen LogP contribution in [0.25, 0.3) is 0 Å². The zero-order valence-electron chi connectivity index (χ0n) is 10.2. The van der Waals surface area contributed by atoms with Crippen LogP contribution in [0.5, 0.6) is 0 Å². The molecule has 1 fully saturated rings. The fourth-order valence-electron chi connectivity index (χ4n) is 2.29. The maximum absolute atomic E-state index is 10.4. The van der Waals surface area contributed by atoms with Crippen molar-refractivity contribution in [1.82, 2.24) is 10.2 Å². The van der Waals surface area contributed by atoms with E-state index >= 15 is 0 Å². The minimum absolute atomic E-state index is 0.0887. The Morgan fingerprint density at radius 3 is 3.06 bits per heavy atom. The van der Waals surface area contributed by atoms with Gasteiger partial charge in [-0.05, 0) is 44.8 Å². The monoisotopic (exact) mass is 228 g/mol. The molecule has 0 aliphatic carbocycles. The molecule has 1 saturated heterocycles. The molecule has 0 aromatic carbocycles. The molecule has 2 N–H and O–H groups in total. The zero-order chi connectivity index (χ0) is 11.8. The number of carbonyl (C=O) groups is 1. The number of nitrogens with one attached hydrogen (secondary N) is 1. The summed E-state index contributed by atoms with van der Waals surface area (Å²) in [7, 11) is 0. The van der Waals surface area contributed by atoms with Crippen molar-refractivity contribution in [3.63, 3.8) is 0 Å². The molecule has 0 spiro atoms. The average molecular weight is 228 g/mol. The molecule has 1 heterocycles. The van der Waals surface area contributed by atoms with Gasteiger partial charge in [0.15, 0.2) is 0 Å². The molecule has 0 bridgehead atoms. The topological polar surface area (TPSA) is 52.6 Å². The van der Waals surface area contributed by atoms with E-state index in [2.05, 4.69) is 17.1 Å². The minimum Gasteiger partial charge on any atom is -0.480 e. The summed E-state index contributed by atoms with van der Waals surface area (Å²) in [5.74, 6) is -0.136. The Hall–Kier alpha value is -0.610. The Bertz CT molecular complexity index is 209. The Morgan fingerprint density at radius 1 is 1.56 bits per heavy atom. The van der Waals surface area contributed by atoms with Gasteiger partial charge in [0.2, 0.25) is 0 Å². The van der Waals surface area contributed by atoms with Gasteiger partial charge in [-0.2, -0.15) is 0 Å². The number of hydrogen-bond donors (Lipinski definition) is 2. The average Bonchev–Trinajstić information content (AvgIpc) is 2.26. The fourth-order valence-corrected chi connectivity index (χ4v) is 2.29. The molecule has 16 heavy (non-hydrogen) atoms. The number of hydrogen-bond acceptors (Lipinski definition) is 3. The molecule has 0 aromatic rings. The second kappa shape index (κ2) is 7.63. The molecule has 0 amide bonds. The SMILES string of the molecule is CCCCN1CCCC(CNCC(=O)O)C1. The number of aliphatic carboxylic acids is 1. The van der Waals surface area contributed by atoms with Crippen LogP contribution in [0.3, 0.4) is 0 Å². The van der Waals surface area contributed by atoms with Gasteiger partial charge >= 0.3 is 5.97 Å². The van der Waals surface area contributed by atoms with E-state index in [9.17, 15) is 4.79 Å². The number of nitrogens with zero attached hydrogens (tertiary/aromatic N) is 1. The maximum Gasteiger partial charge on any atom is 0.317 e. The summed E-state index contributed by atoms with van der Waals surface area (Å²) >= 11 is 0. The van der Waals surface area contributed by atoms with Crippen molar-refractivity contribution in [2.24, 2.45) is 5.92 Å². The summed E-state index contributed by atoms with van der Waals surface area (Å²) in [6.07, 6.45) is 5.01. The summed E-state index contributed by atoms with van der Waals surface area (Å²) in [4.78, 5) is 12.9. The van der Waals surface area contributed by atoms with Gasteiger partial charge in [-0.1, -0.05) is 13.3 Å². The molecule has 1 aliphatic rings. The van der Waals surface area contributed by atoms with Crippen molar-refractivity contribution in [2.75, 3.05) is 32.7 Å². The highest BCUT2D eigenvalue weighted by molar-refractivity contribution is 5.68. The molecule has 0 radical (unpaired) electrons. The van der Waals surface area contributed by atoms with Crippen LogP contribution in [0.15, 0.2) is 0 Å². The van der Waals surface area contributed by atoms with Gasteiger partial charge < -0.3 is 15.3 Å². The summed E-state index contributed by atoms with van der Waals surface area (Å²) < 4.78 is 0. The van der Waals surface area contributed by atoms with Crippen LogP contribution in [0, 0.1) is 5.92 Å². The largest absolute Gasteiger partial charge is 0.480 e. The van der Waals surface area contributed by atoms with Crippen LogP contribution < -0.4 is 5.32 Å². The van der Waals surface area contributed by atoms with Gasteiger partial charge in [-0.3, -0.25) is 4.79 Å². The Kier molecular flexibility index (Phi) is 6.42. The number of likely N-dealkylation sites (tertiary alicyclic amines) is 1. The predicted molar refractivity (Wildman–Crippen MR) is 64.6 cm³/mol. The van der Waals surface area contributed by atoms with Crippen LogP contribution in [0.2, 0.25) is 0 Å². The zero-order valence-corrected chi connectivity index (χ0v) is 10.2. The molecule has 94 valence electrons. The molecule has 0 saturated carbocycles. The Balaban J connectivity index is 2.14. The fraction of sp³-hybridized carbons (Fsp3) is 0.917. The van der Waals surface area contributed by atoms with E-state index in [1.54, 1.807) is 0 Å². The van der Waals surface area contributed by atoms with Gasteiger partial charge in [0, 0.05) is 6.54 Å². The standard InChI is InChI=1S/C12H24N2O2/c1-2-3-6-14-7-4-5-11(10-14)8-13-9-12(15)16/h11,13H,2-10H2,1H3,(H,15,16). The van der Waals surface area contributed by atoms with Crippen LogP contribution >= 0.6 is 0 Å². The summed E-state index contributed by atoms with van der Waals surface area (Å²) in [6, 6.07) is 0. The Labute approximate surface area is 98.0 Å². The van der Waals surface area contributed by atoms with E-state index < -0.39 is 5.97 Å². The number of piperidine rings is 1. The molecule has 1 atom stereocenters. The third kappa shape index (κ3) is 5.47. The van der Waals surface area contributed by atoms with Crippen molar-refractivity contribution < 1.29 is 9.90 Å². The van der Waals surface area contributed by atoms with Gasteiger partial charge in [0.25, 0.3) is 0 Å². The quantitative estimate of drug-likeness (QED) is 0.687. The first-order valence-corrected chi connectivity index (χ1v) is 6.37. The number of carboxylic acid groups (broad SMARTS) is 1. The third-order valence-corrected chi connectivity index (χ3v) is 3.14. The van der Waals surface area contributed by atoms with Crippen molar-refractivity contribution >= 4 is 5.97 Å². The van der Waals surface area contributed by atoms with E-state index in [1.165, 1.54) is 38.8 Å². The molecule has 1 rings (SSSR count). The molecular formula is C12H24N2O2. The van der Waals surface area contributed by atoms with Gasteiger partial charge in [0.1, 0.15) is 0 Å². The molecule has 4 nitrogen and oxygen atoms in total. The van der Waals surface area contributed by atoms with Gasteiger partial charge in [-0.15, -0.1) is 0 Å². The predicted octanol–water partition coefficient (Wildman–Crippen LogP) is 1.17. The Morgan fingerprint density at radius 2 is 2.38 bits per heavy atom. The van der Waals surface area contributed by atoms with Crippen molar-refractivity contribution in [3.05, 3.63) is 0 Å². The number of unbranched alkanes of at least 4 members (excludes halogenated alkanes) is 1. The molecule has 1 aliphatic heterocycles. The van der Waals surface area contributed by atoms with Crippen LogP contribution in [-0.4, -0.2) is 48.7 Å². The smallest absolute Gasteiger partial charge is 0.317 e. The highest BCUT2D eigenvalue weighted by atomic mass is 16.4. The molecular weight excluding hydrogens is 204 g/mol. The third-order valence-electron chi connectivity index (χ3n) is 3.14. The van der Waals surface area contributed by atoms with E-state index in [4.69, 9.17) is 5.11 Å². The summed E-state index contributed by atoms with van der Waals surface area (Å²) in [6.45, 7) is 6.70. The minimum atomic E-state index is -0.765. The van der Waals surface area contributed by atoms with Crippen molar-refractivity contribution in [2.45, 2.75) is 32.6 Å². The van der Waals surface area contributed by atoms with E-state index in [0.29, 0.717) is 5.92 Å². The van der Waals surface area contributed by atoms with E-state index in [1.807, 2.05) is 0 Å². The lowest BCUT2D eigenvalue weighted by Gasteiger charge is -2.32. The van der Waals surface area contributed by atoms with Crippen LogP contribution in [0.4, 0.5) is 0 Å². The normalized spacial score (nSPS) is 22.2. The second-order valence-corrected chi connectivity index (χ2v) is 4.69. The van der Waals surface area contributed by atoms with Crippen LogP contribution in [0.1, 0.15) is 32.6 Å². The highest BCUT2D eigenvalue weighted by Gasteiger charge is 2.18. The van der Waals surface area contributed by atoms with E-state index in [-0.39, 0.29) is 6.54 Å². The maximum atomic E-state index is 10.4. The lowest BCUT2D eigenvalue weighted by atomic mass is 9.98. The first-order valence-electron chi connectivity index (χ1n) is 6.37. The molecule has 0 aromatic heterocycles. The second-order valence-electron chi connectivity index (χ2n) is 4.69. The molecule has 1 unspecified atom stereocenters. The molecule has 4 heteroatoms. The van der Waals surface area contributed by atoms with Crippen molar-refractivity contribution in [1.29, 1.82) is 0 Å². The first-order chi connectivity index (χ1) is 7.72. The van der Waals surface area contributed by atoms with Crippen LogP contribution in [-0.2, 0) is 4.79 Å². The lowest BCUT2D eigenvalue weighted by molar-refractivity contribution is -0.136. The number of carboxylic acids is 1. The van der Waals surface area contributed by atoms with Gasteiger partial charge in [0.05, 0.1) is 6.54 Å². The lowest BCUT2D eigenvalue weighted by Crippen LogP contribution is -2.40. The first kappa shape index (κ1) is 13.5. The van der Waals surface area contributed by atoms with E-state index in [0.717, 1.165) is 13.1 Å². The van der Waals surface area contributed by atoms with Gasteiger partial charge in [-0.25, -0.2) is 0 Å².